The van der Waals surface area contributed by atoms with Gasteiger partial charge in [-0.3, -0.25) is 19.2 Å². The van der Waals surface area contributed by atoms with E-state index in [9.17, 15) is 24.3 Å². The van der Waals surface area contributed by atoms with Gasteiger partial charge in [-0.15, -0.1) is 0 Å². The zero-order valence-electron chi connectivity index (χ0n) is 20.9. The second-order valence-corrected chi connectivity index (χ2v) is 10.1. The van der Waals surface area contributed by atoms with E-state index in [1.54, 1.807) is 19.9 Å². The van der Waals surface area contributed by atoms with Crippen molar-refractivity contribution in [2.24, 2.45) is 17.3 Å². The molecule has 0 aromatic carbocycles. The van der Waals surface area contributed by atoms with Crippen LogP contribution < -0.4 is 0 Å². The van der Waals surface area contributed by atoms with E-state index >= 15 is 0 Å². The molecule has 0 aromatic heterocycles. The first-order chi connectivity index (χ1) is 15.9. The summed E-state index contributed by atoms with van der Waals surface area (Å²) < 4.78 is 17.1. The van der Waals surface area contributed by atoms with Gasteiger partial charge in [0.2, 0.25) is 0 Å². The topological polar surface area (TPSA) is 116 Å². The number of carbonyl (C=O) groups is 4. The summed E-state index contributed by atoms with van der Waals surface area (Å²) in [5.74, 6) is -4.18. The average molecular weight is 477 g/mol. The molecule has 2 aliphatic carbocycles. The van der Waals surface area contributed by atoms with Gasteiger partial charge in [-0.1, -0.05) is 31.1 Å². The lowest BCUT2D eigenvalue weighted by molar-refractivity contribution is -0.187. The molecule has 0 saturated carbocycles. The summed E-state index contributed by atoms with van der Waals surface area (Å²) in [4.78, 5) is 51.4. The Balaban J connectivity index is 2.23. The van der Waals surface area contributed by atoms with Crippen LogP contribution in [0.3, 0.4) is 0 Å². The van der Waals surface area contributed by atoms with Crippen LogP contribution in [0, 0.1) is 17.3 Å². The first-order valence-electron chi connectivity index (χ1n) is 12.0. The molecule has 0 spiro atoms. The van der Waals surface area contributed by atoms with Crippen molar-refractivity contribution in [1.82, 2.24) is 0 Å². The van der Waals surface area contributed by atoms with Crippen molar-refractivity contribution >= 4 is 23.7 Å². The number of fused-ring (bicyclic) bond motifs is 2. The number of rotatable bonds is 4. The number of carbonyl (C=O) groups excluding carboxylic acids is 4. The molecule has 3 rings (SSSR count). The van der Waals surface area contributed by atoms with Crippen molar-refractivity contribution in [3.8, 4) is 0 Å². The number of aliphatic hydroxyl groups is 1. The quantitative estimate of drug-likeness (QED) is 0.374. The second-order valence-electron chi connectivity index (χ2n) is 10.1. The molecule has 0 unspecified atom stereocenters. The maximum Gasteiger partial charge on any atom is 0.312 e. The van der Waals surface area contributed by atoms with Gasteiger partial charge in [-0.05, 0) is 46.1 Å². The summed E-state index contributed by atoms with van der Waals surface area (Å²) in [7, 11) is 0. The Morgan fingerprint density at radius 3 is 2.50 bits per heavy atom. The van der Waals surface area contributed by atoms with Gasteiger partial charge < -0.3 is 19.3 Å². The summed E-state index contributed by atoms with van der Waals surface area (Å²) in [6.07, 6.45) is 2.84. The SMILES string of the molecule is CCCC(=O)O[C@@H]1CC/C(C)=C\[C@@H]2OC(=O)[C@H](C)[C@@]2(O)C(=O)[C@H]2C(C)=CC[C@H](OC(C)=O)[C@@]21C. The molecule has 1 N–H and O–H groups in total. The third kappa shape index (κ3) is 4.32. The summed E-state index contributed by atoms with van der Waals surface area (Å²) in [5, 5.41) is 11.8. The fourth-order valence-electron chi connectivity index (χ4n) is 5.71. The average Bonchev–Trinajstić information content (AvgIpc) is 2.96. The molecule has 34 heavy (non-hydrogen) atoms. The van der Waals surface area contributed by atoms with Crippen LogP contribution in [0.5, 0.6) is 0 Å². The van der Waals surface area contributed by atoms with Crippen molar-refractivity contribution in [3.05, 3.63) is 23.3 Å². The van der Waals surface area contributed by atoms with Crippen molar-refractivity contribution in [1.29, 1.82) is 0 Å². The van der Waals surface area contributed by atoms with E-state index in [1.165, 1.54) is 13.8 Å². The van der Waals surface area contributed by atoms with Gasteiger partial charge in [0.15, 0.2) is 17.5 Å². The molecule has 1 aliphatic heterocycles. The molecule has 3 aliphatic rings. The Morgan fingerprint density at radius 1 is 1.21 bits per heavy atom. The second kappa shape index (κ2) is 9.64. The predicted molar refractivity (Wildman–Crippen MR) is 122 cm³/mol. The summed E-state index contributed by atoms with van der Waals surface area (Å²) >= 11 is 0. The molecule has 8 heteroatoms. The normalized spacial score (nSPS) is 39.6. The Morgan fingerprint density at radius 2 is 1.88 bits per heavy atom. The highest BCUT2D eigenvalue weighted by Gasteiger charge is 2.65. The van der Waals surface area contributed by atoms with Crippen LogP contribution in [0.1, 0.15) is 73.6 Å². The maximum absolute atomic E-state index is 14.2. The van der Waals surface area contributed by atoms with Gasteiger partial charge in [-0.2, -0.15) is 0 Å². The Labute approximate surface area is 200 Å². The molecule has 188 valence electrons. The molecular formula is C26H36O8. The summed E-state index contributed by atoms with van der Waals surface area (Å²) in [6, 6.07) is 0. The number of ether oxygens (including phenoxy) is 3. The third-order valence-electron chi connectivity index (χ3n) is 7.74. The van der Waals surface area contributed by atoms with E-state index < -0.39 is 64.9 Å². The Kier molecular flexibility index (Phi) is 7.41. The number of hydrogen-bond donors (Lipinski definition) is 1. The van der Waals surface area contributed by atoms with E-state index in [1.807, 2.05) is 19.9 Å². The lowest BCUT2D eigenvalue weighted by Crippen LogP contribution is -2.62. The molecule has 1 fully saturated rings. The van der Waals surface area contributed by atoms with Crippen LogP contribution >= 0.6 is 0 Å². The van der Waals surface area contributed by atoms with Crippen LogP contribution in [-0.4, -0.2) is 52.7 Å². The highest BCUT2D eigenvalue weighted by molar-refractivity contribution is 5.99. The minimum Gasteiger partial charge on any atom is -0.462 e. The van der Waals surface area contributed by atoms with E-state index in [4.69, 9.17) is 14.2 Å². The zero-order valence-corrected chi connectivity index (χ0v) is 20.9. The fourth-order valence-corrected chi connectivity index (χ4v) is 5.71. The van der Waals surface area contributed by atoms with Crippen LogP contribution in [0.2, 0.25) is 0 Å². The number of hydrogen-bond acceptors (Lipinski definition) is 8. The molecule has 7 atom stereocenters. The van der Waals surface area contributed by atoms with Crippen molar-refractivity contribution in [3.63, 3.8) is 0 Å². The minimum absolute atomic E-state index is 0.221. The number of Topliss-reactive ketones (excluding diaryl/α,β-unsaturated/α-hetero) is 1. The van der Waals surface area contributed by atoms with E-state index in [2.05, 4.69) is 0 Å². The smallest absolute Gasteiger partial charge is 0.312 e. The Bertz CT molecular complexity index is 933. The van der Waals surface area contributed by atoms with Crippen molar-refractivity contribution < 1.29 is 38.5 Å². The van der Waals surface area contributed by atoms with Gasteiger partial charge in [0.1, 0.15) is 12.2 Å². The Hall–Kier alpha value is -2.48. The lowest BCUT2D eigenvalue weighted by Gasteiger charge is -2.51. The zero-order chi connectivity index (χ0) is 25.4. The highest BCUT2D eigenvalue weighted by atomic mass is 16.6. The van der Waals surface area contributed by atoms with Gasteiger partial charge in [-0.25, -0.2) is 0 Å². The number of ketones is 1. The number of allylic oxidation sites excluding steroid dienone is 2. The largest absolute Gasteiger partial charge is 0.462 e. The first-order valence-corrected chi connectivity index (χ1v) is 12.0. The van der Waals surface area contributed by atoms with Gasteiger partial charge >= 0.3 is 17.9 Å². The standard InChI is InChI=1S/C26H36O8/c1-7-8-21(28)33-19-11-9-14(2)13-20-26(31,16(4)24(30)34-20)23(29)22-15(3)10-12-18(25(19,22)6)32-17(5)27/h10,13,16,18-20,22,31H,7-9,11-12H2,1-6H3/b14-13-/t16-,18-,19+,20-,22+,25+,26-/m0/s1. The summed E-state index contributed by atoms with van der Waals surface area (Å²) in [5.41, 5.74) is -1.79. The van der Waals surface area contributed by atoms with Crippen molar-refractivity contribution in [2.75, 3.05) is 0 Å². The molecule has 0 amide bonds. The van der Waals surface area contributed by atoms with Gasteiger partial charge in [0.05, 0.1) is 17.3 Å². The maximum atomic E-state index is 14.2. The monoisotopic (exact) mass is 476 g/mol. The molecule has 1 saturated heterocycles. The van der Waals surface area contributed by atoms with E-state index in [-0.39, 0.29) is 6.42 Å². The minimum atomic E-state index is -2.10. The predicted octanol–water partition coefficient (Wildman–Crippen LogP) is 3.20. The van der Waals surface area contributed by atoms with E-state index in [0.29, 0.717) is 31.3 Å². The number of esters is 3. The molecule has 0 radical (unpaired) electrons. The van der Waals surface area contributed by atoms with Crippen LogP contribution in [-0.2, 0) is 33.4 Å². The van der Waals surface area contributed by atoms with Crippen LogP contribution in [0.15, 0.2) is 23.3 Å². The highest BCUT2D eigenvalue weighted by Crippen LogP contribution is 2.52. The van der Waals surface area contributed by atoms with Crippen LogP contribution in [0.4, 0.5) is 0 Å². The summed E-state index contributed by atoms with van der Waals surface area (Å²) in [6.45, 7) is 10.0. The molecule has 1 heterocycles. The molecular weight excluding hydrogens is 440 g/mol. The van der Waals surface area contributed by atoms with Gasteiger partial charge in [0, 0.05) is 19.8 Å². The lowest BCUT2D eigenvalue weighted by atomic mass is 9.57. The molecule has 0 aromatic rings. The molecule has 8 nitrogen and oxygen atoms in total. The molecule has 0 bridgehead atoms. The third-order valence-corrected chi connectivity index (χ3v) is 7.74. The van der Waals surface area contributed by atoms with Crippen molar-refractivity contribution in [2.45, 2.75) is 97.6 Å². The fraction of sp³-hybridized carbons (Fsp3) is 0.692. The van der Waals surface area contributed by atoms with E-state index in [0.717, 1.165) is 5.57 Å². The van der Waals surface area contributed by atoms with Crippen LogP contribution in [0.25, 0.3) is 0 Å². The first kappa shape index (κ1) is 26.1. The van der Waals surface area contributed by atoms with Gasteiger partial charge in [0.25, 0.3) is 0 Å².